The number of hydrogen-bond donors (Lipinski definition) is 1. The third kappa shape index (κ3) is 3.57. The zero-order valence-corrected chi connectivity index (χ0v) is 11.8. The molecule has 1 aliphatic heterocycles. The topological polar surface area (TPSA) is 21.3 Å². The molecule has 0 aliphatic carbocycles. The molecule has 0 bridgehead atoms. The van der Waals surface area contributed by atoms with Crippen LogP contribution in [-0.2, 0) is 4.74 Å². The van der Waals surface area contributed by atoms with Crippen LogP contribution in [0.2, 0.25) is 5.02 Å². The lowest BCUT2D eigenvalue weighted by Crippen LogP contribution is -2.36. The summed E-state index contributed by atoms with van der Waals surface area (Å²) < 4.78 is 32.3. The van der Waals surface area contributed by atoms with Gasteiger partial charge >= 0.3 is 0 Å². The van der Waals surface area contributed by atoms with E-state index in [0.717, 1.165) is 25.0 Å². The van der Waals surface area contributed by atoms with Crippen molar-refractivity contribution in [1.29, 1.82) is 0 Å². The second kappa shape index (κ2) is 6.06. The lowest BCUT2D eigenvalue weighted by Gasteiger charge is -2.33. The fraction of sp³-hybridized carbons (Fsp3) is 0.571. The number of rotatable bonds is 3. The summed E-state index contributed by atoms with van der Waals surface area (Å²) in [4.78, 5) is 0. The SMILES string of the molecule is CC(C)C1CC(Nc2c(F)cc(F)cc2Cl)CCO1. The van der Waals surface area contributed by atoms with Crippen LogP contribution in [0, 0.1) is 17.6 Å². The van der Waals surface area contributed by atoms with Crippen molar-refractivity contribution >= 4 is 17.3 Å². The van der Waals surface area contributed by atoms with Crippen LogP contribution in [0.4, 0.5) is 14.5 Å². The minimum atomic E-state index is -0.667. The Bertz CT molecular complexity index is 430. The Kier molecular flexibility index (Phi) is 4.63. The molecule has 0 radical (unpaired) electrons. The number of hydrogen-bond acceptors (Lipinski definition) is 2. The molecule has 0 amide bonds. The van der Waals surface area contributed by atoms with E-state index in [1.807, 2.05) is 0 Å². The van der Waals surface area contributed by atoms with Gasteiger partial charge in [0.15, 0.2) is 5.82 Å². The zero-order chi connectivity index (χ0) is 14.0. The molecule has 2 atom stereocenters. The monoisotopic (exact) mass is 289 g/mol. The average molecular weight is 290 g/mol. The maximum absolute atomic E-state index is 13.7. The fourth-order valence-corrected chi connectivity index (χ4v) is 2.56. The van der Waals surface area contributed by atoms with Crippen LogP contribution in [0.25, 0.3) is 0 Å². The second-order valence-corrected chi connectivity index (χ2v) is 5.67. The van der Waals surface area contributed by atoms with E-state index in [1.54, 1.807) is 0 Å². The predicted octanol–water partition coefficient (Wildman–Crippen LogP) is 4.23. The van der Waals surface area contributed by atoms with Gasteiger partial charge in [-0.15, -0.1) is 0 Å². The Morgan fingerprint density at radius 1 is 1.37 bits per heavy atom. The summed E-state index contributed by atoms with van der Waals surface area (Å²) in [6.45, 7) is 4.83. The lowest BCUT2D eigenvalue weighted by molar-refractivity contribution is -0.0161. The minimum absolute atomic E-state index is 0.0742. The zero-order valence-electron chi connectivity index (χ0n) is 11.1. The Balaban J connectivity index is 2.09. The Morgan fingerprint density at radius 3 is 2.74 bits per heavy atom. The lowest BCUT2D eigenvalue weighted by atomic mass is 9.95. The molecular formula is C14H18ClF2NO. The molecule has 1 aromatic rings. The van der Waals surface area contributed by atoms with E-state index in [4.69, 9.17) is 16.3 Å². The molecule has 19 heavy (non-hydrogen) atoms. The second-order valence-electron chi connectivity index (χ2n) is 5.26. The number of benzene rings is 1. The highest BCUT2D eigenvalue weighted by Crippen LogP contribution is 2.30. The van der Waals surface area contributed by atoms with E-state index in [-0.39, 0.29) is 22.9 Å². The van der Waals surface area contributed by atoms with E-state index in [0.29, 0.717) is 12.5 Å². The van der Waals surface area contributed by atoms with Gasteiger partial charge in [0.1, 0.15) is 5.82 Å². The molecule has 1 fully saturated rings. The van der Waals surface area contributed by atoms with E-state index < -0.39 is 11.6 Å². The first-order valence-electron chi connectivity index (χ1n) is 6.50. The van der Waals surface area contributed by atoms with Crippen molar-refractivity contribution in [3.8, 4) is 0 Å². The largest absolute Gasteiger partial charge is 0.379 e. The first-order chi connectivity index (χ1) is 8.97. The number of nitrogens with one attached hydrogen (secondary N) is 1. The molecule has 1 heterocycles. The molecule has 0 saturated carbocycles. The highest BCUT2D eigenvalue weighted by atomic mass is 35.5. The van der Waals surface area contributed by atoms with E-state index in [9.17, 15) is 8.78 Å². The minimum Gasteiger partial charge on any atom is -0.379 e. The number of halogens is 3. The van der Waals surface area contributed by atoms with E-state index in [1.165, 1.54) is 0 Å². The molecule has 0 spiro atoms. The van der Waals surface area contributed by atoms with Gasteiger partial charge in [-0.25, -0.2) is 8.78 Å². The van der Waals surface area contributed by atoms with Crippen LogP contribution >= 0.6 is 11.6 Å². The molecule has 1 N–H and O–H groups in total. The summed E-state index contributed by atoms with van der Waals surface area (Å²) in [6.07, 6.45) is 1.75. The van der Waals surface area contributed by atoms with Gasteiger partial charge in [0.25, 0.3) is 0 Å². The normalized spacial score (nSPS) is 23.7. The van der Waals surface area contributed by atoms with Gasteiger partial charge in [0, 0.05) is 18.7 Å². The van der Waals surface area contributed by atoms with Crippen LogP contribution in [0.15, 0.2) is 12.1 Å². The van der Waals surface area contributed by atoms with Crippen molar-refractivity contribution in [3.05, 3.63) is 28.8 Å². The first kappa shape index (κ1) is 14.5. The van der Waals surface area contributed by atoms with Gasteiger partial charge in [0.05, 0.1) is 16.8 Å². The van der Waals surface area contributed by atoms with E-state index in [2.05, 4.69) is 19.2 Å². The van der Waals surface area contributed by atoms with Crippen molar-refractivity contribution < 1.29 is 13.5 Å². The highest BCUT2D eigenvalue weighted by molar-refractivity contribution is 6.33. The van der Waals surface area contributed by atoms with Crippen LogP contribution in [-0.4, -0.2) is 18.8 Å². The van der Waals surface area contributed by atoms with Crippen LogP contribution < -0.4 is 5.32 Å². The van der Waals surface area contributed by atoms with Crippen molar-refractivity contribution in [2.24, 2.45) is 5.92 Å². The quantitative estimate of drug-likeness (QED) is 0.899. The van der Waals surface area contributed by atoms with Crippen molar-refractivity contribution in [1.82, 2.24) is 0 Å². The Hall–Kier alpha value is -0.870. The average Bonchev–Trinajstić information content (AvgIpc) is 2.34. The third-order valence-corrected chi connectivity index (χ3v) is 3.71. The molecular weight excluding hydrogens is 272 g/mol. The molecule has 2 nitrogen and oxygen atoms in total. The number of anilines is 1. The standard InChI is InChI=1S/C14H18ClF2NO/c1-8(2)13-7-10(3-4-19-13)18-14-11(15)5-9(16)6-12(14)17/h5-6,8,10,13,18H,3-4,7H2,1-2H3. The summed E-state index contributed by atoms with van der Waals surface area (Å²) in [5.74, 6) is -0.907. The molecule has 2 rings (SSSR count). The van der Waals surface area contributed by atoms with Gasteiger partial charge in [-0.3, -0.25) is 0 Å². The van der Waals surface area contributed by atoms with Gasteiger partial charge < -0.3 is 10.1 Å². The van der Waals surface area contributed by atoms with Gasteiger partial charge in [-0.1, -0.05) is 25.4 Å². The van der Waals surface area contributed by atoms with Crippen molar-refractivity contribution in [2.75, 3.05) is 11.9 Å². The summed E-state index contributed by atoms with van der Waals surface area (Å²) in [5, 5.41) is 3.15. The van der Waals surface area contributed by atoms with Crippen LogP contribution in [0.3, 0.4) is 0 Å². The number of ether oxygens (including phenoxy) is 1. The Labute approximate surface area is 117 Å². The highest BCUT2D eigenvalue weighted by Gasteiger charge is 2.26. The molecule has 5 heteroatoms. The molecule has 1 aromatic carbocycles. The maximum atomic E-state index is 13.7. The third-order valence-electron chi connectivity index (χ3n) is 3.41. The molecule has 1 saturated heterocycles. The van der Waals surface area contributed by atoms with Gasteiger partial charge in [-0.05, 0) is 24.8 Å². The fourth-order valence-electron chi connectivity index (χ4n) is 2.31. The van der Waals surface area contributed by atoms with E-state index >= 15 is 0 Å². The summed E-state index contributed by atoms with van der Waals surface area (Å²) >= 11 is 5.88. The summed E-state index contributed by atoms with van der Waals surface area (Å²) in [7, 11) is 0. The van der Waals surface area contributed by atoms with Crippen LogP contribution in [0.5, 0.6) is 0 Å². The van der Waals surface area contributed by atoms with Crippen molar-refractivity contribution in [2.45, 2.75) is 38.8 Å². The predicted molar refractivity (Wildman–Crippen MR) is 72.6 cm³/mol. The molecule has 2 unspecified atom stereocenters. The van der Waals surface area contributed by atoms with Crippen molar-refractivity contribution in [3.63, 3.8) is 0 Å². The molecule has 0 aromatic heterocycles. The van der Waals surface area contributed by atoms with Crippen LogP contribution in [0.1, 0.15) is 26.7 Å². The van der Waals surface area contributed by atoms with Gasteiger partial charge in [-0.2, -0.15) is 0 Å². The molecule has 106 valence electrons. The maximum Gasteiger partial charge on any atom is 0.150 e. The smallest absolute Gasteiger partial charge is 0.150 e. The van der Waals surface area contributed by atoms with Gasteiger partial charge in [0.2, 0.25) is 0 Å². The Morgan fingerprint density at radius 2 is 2.11 bits per heavy atom. The summed E-state index contributed by atoms with van der Waals surface area (Å²) in [6, 6.07) is 2.05. The first-order valence-corrected chi connectivity index (χ1v) is 6.88. The summed E-state index contributed by atoms with van der Waals surface area (Å²) in [5.41, 5.74) is 0.178. The molecule has 1 aliphatic rings.